The molecule has 0 saturated carbocycles. The molecule has 54 valence electrons. The van der Waals surface area contributed by atoms with E-state index in [9.17, 15) is 9.18 Å². The molecule has 0 aromatic carbocycles. The van der Waals surface area contributed by atoms with Gasteiger partial charge in [0.25, 0.3) is 0 Å². The van der Waals surface area contributed by atoms with Crippen LogP contribution in [0.4, 0.5) is 9.18 Å². The zero-order valence-electron chi connectivity index (χ0n) is 5.61. The second-order valence-corrected chi connectivity index (χ2v) is 1.91. The van der Waals surface area contributed by atoms with Gasteiger partial charge in [-0.1, -0.05) is 19.8 Å². The summed E-state index contributed by atoms with van der Waals surface area (Å²) in [6.07, 6.45) is 1.57. The van der Waals surface area contributed by atoms with Gasteiger partial charge in [-0.2, -0.15) is 0 Å². The monoisotopic (exact) mass is 133 g/mol. The Kier molecular flexibility index (Phi) is 5.17. The Morgan fingerprint density at radius 1 is 1.56 bits per heavy atom. The molecule has 1 N–H and O–H groups in total. The van der Waals surface area contributed by atoms with Crippen molar-refractivity contribution in [2.45, 2.75) is 26.2 Å². The predicted molar refractivity (Wildman–Crippen MR) is 34.0 cm³/mol. The zero-order valence-corrected chi connectivity index (χ0v) is 5.61. The third-order valence-corrected chi connectivity index (χ3v) is 1.04. The number of unbranched alkanes of at least 4 members (excludes halogenated alkanes) is 2. The average Bonchev–Trinajstić information content (AvgIpc) is 1.80. The van der Waals surface area contributed by atoms with E-state index >= 15 is 0 Å². The first-order valence-electron chi connectivity index (χ1n) is 3.20. The first-order chi connectivity index (χ1) is 4.27. The van der Waals surface area contributed by atoms with Crippen LogP contribution in [0.1, 0.15) is 26.2 Å². The minimum absolute atomic E-state index is 0.461. The summed E-state index contributed by atoms with van der Waals surface area (Å²) in [7, 11) is 0. The van der Waals surface area contributed by atoms with Crippen molar-refractivity contribution in [2.24, 2.45) is 0 Å². The smallest absolute Gasteiger partial charge is 0.328 e. The molecule has 3 heteroatoms. The molecule has 2 nitrogen and oxygen atoms in total. The Bertz CT molecular complexity index is 85.1. The van der Waals surface area contributed by atoms with E-state index in [0.717, 1.165) is 19.3 Å². The summed E-state index contributed by atoms with van der Waals surface area (Å²) in [4.78, 5) is 9.63. The zero-order chi connectivity index (χ0) is 7.11. The predicted octanol–water partition coefficient (Wildman–Crippen LogP) is 1.86. The highest BCUT2D eigenvalue weighted by atomic mass is 19.1. The number of amides is 1. The summed E-state index contributed by atoms with van der Waals surface area (Å²) in [5, 5.41) is 2.07. The minimum atomic E-state index is -1.42. The topological polar surface area (TPSA) is 29.1 Å². The molecule has 9 heavy (non-hydrogen) atoms. The van der Waals surface area contributed by atoms with Crippen LogP contribution < -0.4 is 5.32 Å². The normalized spacial score (nSPS) is 9.11. The highest BCUT2D eigenvalue weighted by Crippen LogP contribution is 1.90. The van der Waals surface area contributed by atoms with Gasteiger partial charge < -0.3 is 5.32 Å². The van der Waals surface area contributed by atoms with E-state index < -0.39 is 6.16 Å². The van der Waals surface area contributed by atoms with Crippen molar-refractivity contribution < 1.29 is 9.18 Å². The molecular formula is C6H12FNO. The molecular weight excluding hydrogens is 121 g/mol. The van der Waals surface area contributed by atoms with E-state index in [1.165, 1.54) is 0 Å². The molecule has 0 aliphatic carbocycles. The fraction of sp³-hybridized carbons (Fsp3) is 0.833. The lowest BCUT2D eigenvalue weighted by molar-refractivity contribution is 0.221. The molecule has 0 rings (SSSR count). The van der Waals surface area contributed by atoms with Crippen LogP contribution >= 0.6 is 0 Å². The third kappa shape index (κ3) is 7.40. The van der Waals surface area contributed by atoms with Crippen LogP contribution in [0.25, 0.3) is 0 Å². The van der Waals surface area contributed by atoms with Gasteiger partial charge in [0.2, 0.25) is 0 Å². The van der Waals surface area contributed by atoms with Gasteiger partial charge in [0.1, 0.15) is 0 Å². The number of rotatable bonds is 4. The van der Waals surface area contributed by atoms with Gasteiger partial charge in [-0.05, 0) is 6.42 Å². The minimum Gasteiger partial charge on any atom is -0.328 e. The largest absolute Gasteiger partial charge is 0.397 e. The molecule has 0 unspecified atom stereocenters. The fourth-order valence-electron chi connectivity index (χ4n) is 0.562. The highest BCUT2D eigenvalue weighted by Gasteiger charge is 1.91. The van der Waals surface area contributed by atoms with E-state index in [-0.39, 0.29) is 0 Å². The van der Waals surface area contributed by atoms with Crippen LogP contribution in [-0.4, -0.2) is 12.7 Å². The Morgan fingerprint density at radius 2 is 2.22 bits per heavy atom. The Labute approximate surface area is 54.4 Å². The maximum Gasteiger partial charge on any atom is 0.397 e. The summed E-state index contributed by atoms with van der Waals surface area (Å²) < 4.78 is 11.4. The third-order valence-electron chi connectivity index (χ3n) is 1.04. The molecule has 0 bridgehead atoms. The molecule has 0 aliphatic heterocycles. The lowest BCUT2D eigenvalue weighted by Gasteiger charge is -1.95. The van der Waals surface area contributed by atoms with Crippen molar-refractivity contribution in [1.29, 1.82) is 0 Å². The quantitative estimate of drug-likeness (QED) is 0.354. The standard InChI is InChI=1S/C6H12FNO/c1-2-3-4-5-8-6(7)9/h2-5H2,1H3,(H,8,9). The number of nitrogens with one attached hydrogen (secondary N) is 1. The Hall–Kier alpha value is -0.600. The molecule has 0 radical (unpaired) electrons. The average molecular weight is 133 g/mol. The van der Waals surface area contributed by atoms with Crippen LogP contribution in [0, 0.1) is 0 Å². The van der Waals surface area contributed by atoms with E-state index in [2.05, 4.69) is 12.2 Å². The highest BCUT2D eigenvalue weighted by molar-refractivity contribution is 5.65. The lowest BCUT2D eigenvalue weighted by atomic mass is 10.2. The molecule has 1 amide bonds. The lowest BCUT2D eigenvalue weighted by Crippen LogP contribution is -2.18. The molecule has 0 aliphatic rings. The van der Waals surface area contributed by atoms with Gasteiger partial charge in [0.15, 0.2) is 0 Å². The summed E-state index contributed by atoms with van der Waals surface area (Å²) in [6.45, 7) is 2.51. The summed E-state index contributed by atoms with van der Waals surface area (Å²) in [5.41, 5.74) is 0. The number of hydrogen-bond acceptors (Lipinski definition) is 1. The van der Waals surface area contributed by atoms with E-state index in [1.807, 2.05) is 0 Å². The van der Waals surface area contributed by atoms with E-state index in [4.69, 9.17) is 0 Å². The van der Waals surface area contributed by atoms with Gasteiger partial charge in [-0.25, -0.2) is 4.79 Å². The molecule has 0 saturated heterocycles. The van der Waals surface area contributed by atoms with Crippen LogP contribution in [-0.2, 0) is 0 Å². The maximum absolute atomic E-state index is 11.4. The van der Waals surface area contributed by atoms with Crippen molar-refractivity contribution in [3.63, 3.8) is 0 Å². The summed E-state index contributed by atoms with van der Waals surface area (Å²) >= 11 is 0. The Balaban J connectivity index is 2.83. The molecule has 0 fully saturated rings. The van der Waals surface area contributed by atoms with Crippen molar-refractivity contribution in [3.05, 3.63) is 0 Å². The van der Waals surface area contributed by atoms with Crippen LogP contribution in [0.5, 0.6) is 0 Å². The van der Waals surface area contributed by atoms with Gasteiger partial charge in [-0.15, -0.1) is 4.39 Å². The van der Waals surface area contributed by atoms with E-state index in [1.54, 1.807) is 0 Å². The van der Waals surface area contributed by atoms with Crippen molar-refractivity contribution >= 4 is 6.16 Å². The number of carbonyl (C=O) groups is 1. The van der Waals surface area contributed by atoms with Crippen LogP contribution in [0.3, 0.4) is 0 Å². The molecule has 0 aromatic heterocycles. The number of hydrogen-bond donors (Lipinski definition) is 1. The van der Waals surface area contributed by atoms with E-state index in [0.29, 0.717) is 6.54 Å². The van der Waals surface area contributed by atoms with Crippen LogP contribution in [0.2, 0.25) is 0 Å². The first-order valence-corrected chi connectivity index (χ1v) is 3.20. The SMILES string of the molecule is CCCCCNC(=O)F. The van der Waals surface area contributed by atoms with Gasteiger partial charge in [0.05, 0.1) is 0 Å². The van der Waals surface area contributed by atoms with Crippen molar-refractivity contribution in [3.8, 4) is 0 Å². The molecule has 0 spiro atoms. The number of carbonyl (C=O) groups excluding carboxylic acids is 1. The van der Waals surface area contributed by atoms with Crippen molar-refractivity contribution in [2.75, 3.05) is 6.54 Å². The fourth-order valence-corrected chi connectivity index (χ4v) is 0.562. The van der Waals surface area contributed by atoms with Gasteiger partial charge >= 0.3 is 6.16 Å². The second-order valence-electron chi connectivity index (χ2n) is 1.91. The van der Waals surface area contributed by atoms with Gasteiger partial charge in [-0.3, -0.25) is 0 Å². The summed E-state index contributed by atoms with van der Waals surface area (Å²) in [6, 6.07) is 0. The second kappa shape index (κ2) is 5.54. The first kappa shape index (κ1) is 8.40. The van der Waals surface area contributed by atoms with Crippen molar-refractivity contribution in [1.82, 2.24) is 5.32 Å². The molecule has 0 heterocycles. The number of halogens is 1. The summed E-state index contributed by atoms with van der Waals surface area (Å²) in [5.74, 6) is 0. The Morgan fingerprint density at radius 3 is 2.67 bits per heavy atom. The molecule has 0 aromatic rings. The molecule has 0 atom stereocenters. The van der Waals surface area contributed by atoms with Crippen LogP contribution in [0.15, 0.2) is 0 Å². The maximum atomic E-state index is 11.4. The van der Waals surface area contributed by atoms with Gasteiger partial charge in [0, 0.05) is 6.54 Å².